The van der Waals surface area contributed by atoms with Gasteiger partial charge in [0.1, 0.15) is 0 Å². The summed E-state index contributed by atoms with van der Waals surface area (Å²) < 4.78 is 0. The number of primary amides is 1. The molecule has 8 nitrogen and oxygen atoms in total. The maximum absolute atomic E-state index is 11.9. The van der Waals surface area contributed by atoms with Crippen LogP contribution in [0.3, 0.4) is 0 Å². The van der Waals surface area contributed by atoms with Crippen molar-refractivity contribution in [3.05, 3.63) is 0 Å². The topological polar surface area (TPSA) is 125 Å². The summed E-state index contributed by atoms with van der Waals surface area (Å²) in [4.78, 5) is 35.2. The van der Waals surface area contributed by atoms with Gasteiger partial charge in [-0.1, -0.05) is 13.3 Å². The molecule has 0 spiro atoms. The van der Waals surface area contributed by atoms with E-state index >= 15 is 0 Å². The van der Waals surface area contributed by atoms with Gasteiger partial charge in [0.05, 0.1) is 5.41 Å². The molecule has 1 unspecified atom stereocenters. The second-order valence-electron chi connectivity index (χ2n) is 5.03. The number of nitrogens with zero attached hydrogens (tertiary/aromatic N) is 1. The fourth-order valence-corrected chi connectivity index (χ4v) is 2.48. The van der Waals surface area contributed by atoms with E-state index < -0.39 is 17.4 Å². The molecule has 0 aromatic heterocycles. The average molecular weight is 286 g/mol. The van der Waals surface area contributed by atoms with Crippen molar-refractivity contribution in [1.82, 2.24) is 15.5 Å². The molecule has 1 rings (SSSR count). The predicted octanol–water partition coefficient (Wildman–Crippen LogP) is -0.0589. The number of carboxylic acids is 1. The van der Waals surface area contributed by atoms with Crippen LogP contribution in [0.5, 0.6) is 0 Å². The first-order valence-electron chi connectivity index (χ1n) is 6.71. The van der Waals surface area contributed by atoms with Gasteiger partial charge in [0, 0.05) is 26.2 Å². The van der Waals surface area contributed by atoms with Gasteiger partial charge in [-0.15, -0.1) is 0 Å². The first-order chi connectivity index (χ1) is 9.41. The van der Waals surface area contributed by atoms with Crippen molar-refractivity contribution < 1.29 is 19.5 Å². The number of hydrogen-bond acceptors (Lipinski definition) is 3. The summed E-state index contributed by atoms with van der Waals surface area (Å²) in [6.07, 6.45) is 1.81. The largest absolute Gasteiger partial charge is 0.481 e. The fourth-order valence-electron chi connectivity index (χ4n) is 2.48. The van der Waals surface area contributed by atoms with E-state index in [0.717, 1.165) is 6.42 Å². The van der Waals surface area contributed by atoms with E-state index in [1.54, 1.807) is 0 Å². The number of nitrogens with one attached hydrogen (secondary N) is 2. The van der Waals surface area contributed by atoms with E-state index in [0.29, 0.717) is 19.4 Å². The molecular formula is C12H22N4O4. The van der Waals surface area contributed by atoms with E-state index in [-0.39, 0.29) is 25.7 Å². The first kappa shape index (κ1) is 16.1. The second kappa shape index (κ2) is 6.97. The maximum Gasteiger partial charge on any atom is 0.317 e. The zero-order valence-electron chi connectivity index (χ0n) is 11.6. The summed E-state index contributed by atoms with van der Waals surface area (Å²) in [5, 5.41) is 14.3. The van der Waals surface area contributed by atoms with Crippen LogP contribution in [0.25, 0.3) is 0 Å². The minimum Gasteiger partial charge on any atom is -0.481 e. The molecule has 8 heteroatoms. The highest BCUT2D eigenvalue weighted by molar-refractivity contribution is 5.79. The van der Waals surface area contributed by atoms with E-state index in [9.17, 15) is 19.5 Å². The third-order valence-electron chi connectivity index (χ3n) is 3.52. The van der Waals surface area contributed by atoms with Crippen molar-refractivity contribution in [3.63, 3.8) is 0 Å². The lowest BCUT2D eigenvalue weighted by Crippen LogP contribution is -2.44. The minimum atomic E-state index is -0.843. The van der Waals surface area contributed by atoms with Crippen LogP contribution in [0.2, 0.25) is 0 Å². The van der Waals surface area contributed by atoms with E-state index in [4.69, 9.17) is 5.73 Å². The molecule has 1 atom stereocenters. The normalized spacial score (nSPS) is 21.6. The smallest absolute Gasteiger partial charge is 0.317 e. The highest BCUT2D eigenvalue weighted by atomic mass is 16.4. The maximum atomic E-state index is 11.9. The van der Waals surface area contributed by atoms with Gasteiger partial charge in [0.15, 0.2) is 0 Å². The Bertz CT molecular complexity index is 388. The molecule has 0 saturated carbocycles. The van der Waals surface area contributed by atoms with E-state index in [2.05, 4.69) is 10.6 Å². The number of amides is 4. The Balaban J connectivity index is 2.43. The molecule has 114 valence electrons. The summed E-state index contributed by atoms with van der Waals surface area (Å²) in [5.74, 6) is -0.843. The van der Waals surface area contributed by atoms with Gasteiger partial charge in [-0.05, 0) is 12.8 Å². The molecule has 1 fully saturated rings. The molecule has 5 N–H and O–H groups in total. The molecule has 1 aliphatic heterocycles. The second-order valence-corrected chi connectivity index (χ2v) is 5.03. The monoisotopic (exact) mass is 286 g/mol. The lowest BCUT2D eigenvalue weighted by molar-refractivity contribution is -0.148. The predicted molar refractivity (Wildman–Crippen MR) is 72.2 cm³/mol. The molecule has 1 saturated heterocycles. The lowest BCUT2D eigenvalue weighted by Gasteiger charge is -2.24. The van der Waals surface area contributed by atoms with Crippen molar-refractivity contribution in [2.75, 3.05) is 26.2 Å². The van der Waals surface area contributed by atoms with Gasteiger partial charge < -0.3 is 26.4 Å². The Labute approximate surface area is 117 Å². The van der Waals surface area contributed by atoms with Crippen LogP contribution >= 0.6 is 0 Å². The Morgan fingerprint density at radius 2 is 1.95 bits per heavy atom. The molecule has 1 heterocycles. The Morgan fingerprint density at radius 3 is 2.50 bits per heavy atom. The number of carboxylic acid groups (broad SMARTS) is 1. The number of urea groups is 2. The molecular weight excluding hydrogens is 264 g/mol. The van der Waals surface area contributed by atoms with Crippen molar-refractivity contribution in [2.24, 2.45) is 11.1 Å². The highest BCUT2D eigenvalue weighted by Gasteiger charge is 2.45. The SMILES string of the molecule is CCCC1(C(=O)O)CCN(C(=O)NCCNC(N)=O)C1. The number of hydrogen-bond donors (Lipinski definition) is 4. The first-order valence-corrected chi connectivity index (χ1v) is 6.71. The molecule has 0 aromatic carbocycles. The van der Waals surface area contributed by atoms with Crippen LogP contribution in [-0.2, 0) is 4.79 Å². The van der Waals surface area contributed by atoms with Gasteiger partial charge in [-0.2, -0.15) is 0 Å². The van der Waals surface area contributed by atoms with Crippen LogP contribution in [0.15, 0.2) is 0 Å². The number of carbonyl (C=O) groups is 3. The summed E-state index contributed by atoms with van der Waals surface area (Å²) in [6, 6.07) is -0.955. The third kappa shape index (κ3) is 4.01. The Hall–Kier alpha value is -1.99. The van der Waals surface area contributed by atoms with Crippen LogP contribution in [0, 0.1) is 5.41 Å². The molecule has 0 radical (unpaired) electrons. The Morgan fingerprint density at radius 1 is 1.30 bits per heavy atom. The minimum absolute atomic E-state index is 0.227. The number of aliphatic carboxylic acids is 1. The number of carbonyl (C=O) groups excluding carboxylic acids is 2. The van der Waals surface area contributed by atoms with Crippen molar-refractivity contribution >= 4 is 18.0 Å². The quantitative estimate of drug-likeness (QED) is 0.510. The molecule has 0 aromatic rings. The van der Waals surface area contributed by atoms with Crippen LogP contribution in [-0.4, -0.2) is 54.2 Å². The standard InChI is InChI=1S/C12H22N4O4/c1-2-3-12(9(17)18)4-7-16(8-12)11(20)15-6-5-14-10(13)19/h2-8H2,1H3,(H,15,20)(H,17,18)(H3,13,14,19). The van der Waals surface area contributed by atoms with Gasteiger partial charge in [-0.25, -0.2) is 9.59 Å². The third-order valence-corrected chi connectivity index (χ3v) is 3.52. The van der Waals surface area contributed by atoms with Crippen LogP contribution in [0.4, 0.5) is 9.59 Å². The fraction of sp³-hybridized carbons (Fsp3) is 0.750. The number of nitrogens with two attached hydrogens (primary N) is 1. The highest BCUT2D eigenvalue weighted by Crippen LogP contribution is 2.35. The van der Waals surface area contributed by atoms with Gasteiger partial charge in [0.25, 0.3) is 0 Å². The van der Waals surface area contributed by atoms with Crippen molar-refractivity contribution in [3.8, 4) is 0 Å². The van der Waals surface area contributed by atoms with Crippen molar-refractivity contribution in [2.45, 2.75) is 26.2 Å². The molecule has 0 bridgehead atoms. The summed E-state index contributed by atoms with van der Waals surface area (Å²) >= 11 is 0. The van der Waals surface area contributed by atoms with Gasteiger partial charge >= 0.3 is 18.0 Å². The number of likely N-dealkylation sites (tertiary alicyclic amines) is 1. The lowest BCUT2D eigenvalue weighted by atomic mass is 9.83. The Kier molecular flexibility index (Phi) is 5.60. The van der Waals surface area contributed by atoms with Crippen LogP contribution < -0.4 is 16.4 Å². The van der Waals surface area contributed by atoms with E-state index in [1.807, 2.05) is 6.92 Å². The average Bonchev–Trinajstić information content (AvgIpc) is 2.80. The van der Waals surface area contributed by atoms with E-state index in [1.165, 1.54) is 4.90 Å². The molecule has 1 aliphatic rings. The summed E-state index contributed by atoms with van der Waals surface area (Å²) in [6.45, 7) is 3.09. The van der Waals surface area contributed by atoms with Crippen molar-refractivity contribution in [1.29, 1.82) is 0 Å². The molecule has 20 heavy (non-hydrogen) atoms. The summed E-state index contributed by atoms with van der Waals surface area (Å²) in [7, 11) is 0. The van der Waals surface area contributed by atoms with Crippen LogP contribution in [0.1, 0.15) is 26.2 Å². The zero-order chi connectivity index (χ0) is 15.2. The summed E-state index contributed by atoms with van der Waals surface area (Å²) in [5.41, 5.74) is 4.07. The molecule has 4 amide bonds. The number of rotatable bonds is 6. The molecule has 0 aliphatic carbocycles. The zero-order valence-corrected chi connectivity index (χ0v) is 11.6. The van der Waals surface area contributed by atoms with Gasteiger partial charge in [0.2, 0.25) is 0 Å². The van der Waals surface area contributed by atoms with Gasteiger partial charge in [-0.3, -0.25) is 4.79 Å².